The van der Waals surface area contributed by atoms with Crippen LogP contribution in [-0.2, 0) is 23.0 Å². The first-order valence-corrected chi connectivity index (χ1v) is 13.4. The van der Waals surface area contributed by atoms with Crippen molar-refractivity contribution in [3.8, 4) is 5.75 Å². The van der Waals surface area contributed by atoms with Crippen molar-refractivity contribution in [2.75, 3.05) is 26.7 Å². The van der Waals surface area contributed by atoms with Crippen molar-refractivity contribution < 1.29 is 13.2 Å². The maximum Gasteiger partial charge on any atom is 0.242 e. The molecule has 2 aliphatic rings. The van der Waals surface area contributed by atoms with Crippen molar-refractivity contribution in [1.29, 1.82) is 0 Å². The van der Waals surface area contributed by atoms with Crippen molar-refractivity contribution in [3.05, 3.63) is 58.6 Å². The molecule has 4 rings (SSSR count). The molecular formula is C25H33ClN2O3S. The Labute approximate surface area is 197 Å². The fourth-order valence-corrected chi connectivity index (χ4v) is 6.07. The molecule has 7 heteroatoms. The van der Waals surface area contributed by atoms with Gasteiger partial charge in [0.25, 0.3) is 0 Å². The Bertz CT molecular complexity index is 1010. The largest absolute Gasteiger partial charge is 0.489 e. The van der Waals surface area contributed by atoms with E-state index in [2.05, 4.69) is 17.9 Å². The second kappa shape index (κ2) is 10.1. The minimum absolute atomic E-state index is 0.0829. The standard InChI is InChI=1S/C25H33ClN2O3S/c1-3-19-9-11-23(12-10-19)32(29,30)27(2)17-20-15-22(16-20)31-24-8-6-7-21(25(24)26)18-28-13-4-5-14-28/h6-12,20,22H,3-5,13-18H2,1-2H3. The predicted octanol–water partition coefficient (Wildman–Crippen LogP) is 4.98. The Morgan fingerprint density at radius 2 is 1.78 bits per heavy atom. The van der Waals surface area contributed by atoms with E-state index in [9.17, 15) is 8.42 Å². The molecule has 0 aromatic heterocycles. The summed E-state index contributed by atoms with van der Waals surface area (Å²) in [5.74, 6) is 1.03. The third-order valence-electron chi connectivity index (χ3n) is 6.68. The zero-order valence-corrected chi connectivity index (χ0v) is 20.5. The number of likely N-dealkylation sites (tertiary alicyclic amines) is 1. The van der Waals surface area contributed by atoms with Crippen molar-refractivity contribution in [1.82, 2.24) is 9.21 Å². The van der Waals surface area contributed by atoms with Crippen molar-refractivity contribution >= 4 is 21.6 Å². The average Bonchev–Trinajstić information content (AvgIpc) is 3.27. The van der Waals surface area contributed by atoms with Gasteiger partial charge in [-0.1, -0.05) is 42.8 Å². The molecule has 0 bridgehead atoms. The van der Waals surface area contributed by atoms with Crippen molar-refractivity contribution in [3.63, 3.8) is 0 Å². The topological polar surface area (TPSA) is 49.9 Å². The molecule has 174 valence electrons. The lowest BCUT2D eigenvalue weighted by atomic mass is 9.82. The molecule has 32 heavy (non-hydrogen) atoms. The number of nitrogens with zero attached hydrogens (tertiary/aromatic N) is 2. The van der Waals surface area contributed by atoms with Gasteiger partial charge in [-0.15, -0.1) is 0 Å². The Morgan fingerprint density at radius 3 is 2.44 bits per heavy atom. The van der Waals surface area contributed by atoms with Gasteiger partial charge in [0.05, 0.1) is 16.0 Å². The molecule has 2 aromatic rings. The number of rotatable bonds is 9. The number of hydrogen-bond acceptors (Lipinski definition) is 4. The van der Waals surface area contributed by atoms with E-state index in [1.807, 2.05) is 24.3 Å². The lowest BCUT2D eigenvalue weighted by Crippen LogP contribution is -2.41. The lowest BCUT2D eigenvalue weighted by molar-refractivity contribution is 0.0575. The zero-order chi connectivity index (χ0) is 22.7. The minimum Gasteiger partial charge on any atom is -0.489 e. The number of aryl methyl sites for hydroxylation is 1. The molecule has 1 heterocycles. The molecule has 2 aromatic carbocycles. The summed E-state index contributed by atoms with van der Waals surface area (Å²) in [6, 6.07) is 13.2. The van der Waals surface area contributed by atoms with Gasteiger partial charge in [-0.2, -0.15) is 0 Å². The summed E-state index contributed by atoms with van der Waals surface area (Å²) in [5, 5.41) is 0.707. The third-order valence-corrected chi connectivity index (χ3v) is 8.94. The van der Waals surface area contributed by atoms with E-state index < -0.39 is 10.0 Å². The van der Waals surface area contributed by atoms with Crippen LogP contribution >= 0.6 is 11.6 Å². The highest BCUT2D eigenvalue weighted by Crippen LogP contribution is 2.37. The molecule has 1 saturated heterocycles. The van der Waals surface area contributed by atoms with Crippen LogP contribution in [0.5, 0.6) is 5.75 Å². The smallest absolute Gasteiger partial charge is 0.242 e. The molecule has 1 aliphatic heterocycles. The monoisotopic (exact) mass is 476 g/mol. The zero-order valence-electron chi connectivity index (χ0n) is 19.0. The molecule has 1 saturated carbocycles. The van der Waals surface area contributed by atoms with E-state index in [0.29, 0.717) is 22.4 Å². The Kier molecular flexibility index (Phi) is 7.45. The second-order valence-electron chi connectivity index (χ2n) is 9.07. The molecule has 0 amide bonds. The van der Waals surface area contributed by atoms with Gasteiger partial charge >= 0.3 is 0 Å². The van der Waals surface area contributed by atoms with E-state index in [4.69, 9.17) is 16.3 Å². The van der Waals surface area contributed by atoms with Crippen molar-refractivity contribution in [2.24, 2.45) is 5.92 Å². The summed E-state index contributed by atoms with van der Waals surface area (Å²) in [6.45, 7) is 5.68. The van der Waals surface area contributed by atoms with Crippen LogP contribution < -0.4 is 4.74 Å². The second-order valence-corrected chi connectivity index (χ2v) is 11.5. The van der Waals surface area contributed by atoms with E-state index in [-0.39, 0.29) is 6.10 Å². The van der Waals surface area contributed by atoms with Crippen LogP contribution in [0.2, 0.25) is 5.02 Å². The van der Waals surface area contributed by atoms with Gasteiger partial charge in [-0.3, -0.25) is 4.90 Å². The maximum atomic E-state index is 12.9. The van der Waals surface area contributed by atoms with Crippen LogP contribution in [0, 0.1) is 5.92 Å². The van der Waals surface area contributed by atoms with Gasteiger partial charge in [-0.25, -0.2) is 12.7 Å². The van der Waals surface area contributed by atoms with Crippen LogP contribution in [-0.4, -0.2) is 50.4 Å². The summed E-state index contributed by atoms with van der Waals surface area (Å²) in [4.78, 5) is 2.78. The molecule has 1 aliphatic carbocycles. The molecule has 0 N–H and O–H groups in total. The highest BCUT2D eigenvalue weighted by atomic mass is 35.5. The van der Waals surface area contributed by atoms with Gasteiger partial charge < -0.3 is 4.74 Å². The number of ether oxygens (including phenoxy) is 1. The number of hydrogen-bond donors (Lipinski definition) is 0. The van der Waals surface area contributed by atoms with E-state index in [0.717, 1.165) is 55.8 Å². The average molecular weight is 477 g/mol. The van der Waals surface area contributed by atoms with Gasteiger partial charge in [-0.05, 0) is 80.4 Å². The molecule has 2 fully saturated rings. The number of sulfonamides is 1. The van der Waals surface area contributed by atoms with E-state index >= 15 is 0 Å². The van der Waals surface area contributed by atoms with Crippen LogP contribution in [0.15, 0.2) is 47.4 Å². The molecule has 0 spiro atoms. The van der Waals surface area contributed by atoms with E-state index in [1.165, 1.54) is 17.1 Å². The maximum absolute atomic E-state index is 12.9. The highest BCUT2D eigenvalue weighted by molar-refractivity contribution is 7.89. The lowest BCUT2D eigenvalue weighted by Gasteiger charge is -2.37. The fraction of sp³-hybridized carbons (Fsp3) is 0.520. The molecule has 0 atom stereocenters. The summed E-state index contributed by atoms with van der Waals surface area (Å²) in [6.07, 6.45) is 5.16. The molecule has 0 radical (unpaired) electrons. The van der Waals surface area contributed by atoms with Crippen LogP contribution in [0.1, 0.15) is 43.7 Å². The fourth-order valence-electron chi connectivity index (χ4n) is 4.59. The Morgan fingerprint density at radius 1 is 1.09 bits per heavy atom. The van der Waals surface area contributed by atoms with Crippen LogP contribution in [0.3, 0.4) is 0 Å². The summed E-state index contributed by atoms with van der Waals surface area (Å²) in [5.41, 5.74) is 2.25. The van der Waals surface area contributed by atoms with Crippen molar-refractivity contribution in [2.45, 2.75) is 56.6 Å². The summed E-state index contributed by atoms with van der Waals surface area (Å²) >= 11 is 6.64. The summed E-state index contributed by atoms with van der Waals surface area (Å²) in [7, 11) is -1.81. The first kappa shape index (κ1) is 23.6. The van der Waals surface area contributed by atoms with Gasteiger partial charge in [0.15, 0.2) is 0 Å². The first-order chi connectivity index (χ1) is 15.4. The van der Waals surface area contributed by atoms with Gasteiger partial charge in [0.1, 0.15) is 5.75 Å². The molecule has 5 nitrogen and oxygen atoms in total. The molecule has 0 unspecified atom stereocenters. The highest BCUT2D eigenvalue weighted by Gasteiger charge is 2.34. The normalized spacial score (nSPS) is 21.6. The summed E-state index contributed by atoms with van der Waals surface area (Å²) < 4.78 is 33.4. The SMILES string of the molecule is CCc1ccc(S(=O)(=O)N(C)CC2CC(Oc3cccc(CN4CCCC4)c3Cl)C2)cc1. The van der Waals surface area contributed by atoms with Crippen LogP contribution in [0.25, 0.3) is 0 Å². The quantitative estimate of drug-likeness (QED) is 0.512. The Hall–Kier alpha value is -1.60. The third kappa shape index (κ3) is 5.30. The number of halogens is 1. The molecular weight excluding hydrogens is 444 g/mol. The van der Waals surface area contributed by atoms with Gasteiger partial charge in [0, 0.05) is 20.1 Å². The van der Waals surface area contributed by atoms with Crippen LogP contribution in [0.4, 0.5) is 0 Å². The van der Waals surface area contributed by atoms with E-state index in [1.54, 1.807) is 19.2 Å². The Balaban J connectivity index is 1.29. The predicted molar refractivity (Wildman–Crippen MR) is 129 cm³/mol. The number of benzene rings is 2. The minimum atomic E-state index is -3.47. The first-order valence-electron chi connectivity index (χ1n) is 11.6. The van der Waals surface area contributed by atoms with Gasteiger partial charge in [0.2, 0.25) is 10.0 Å².